The Hall–Kier alpha value is -0.620. The van der Waals surface area contributed by atoms with Crippen LogP contribution >= 0.6 is 44.7 Å². The number of carbonyl (C=O) groups excluding carboxylic acids is 1. The summed E-state index contributed by atoms with van der Waals surface area (Å²) in [5, 5.41) is 12.2. The van der Waals surface area contributed by atoms with Crippen molar-refractivity contribution in [1.82, 2.24) is 9.62 Å². The van der Waals surface area contributed by atoms with Crippen molar-refractivity contribution in [2.24, 2.45) is 4.99 Å². The van der Waals surface area contributed by atoms with Crippen LogP contribution in [-0.4, -0.2) is 48.3 Å². The highest BCUT2D eigenvalue weighted by molar-refractivity contribution is 9.10. The van der Waals surface area contributed by atoms with Gasteiger partial charge in [0.15, 0.2) is 10.9 Å². The lowest BCUT2D eigenvalue weighted by Gasteiger charge is -2.34. The second-order valence-corrected chi connectivity index (χ2v) is 9.68. The molecule has 1 atom stereocenters. The minimum atomic E-state index is -4.04. The normalized spacial score (nSPS) is 20.9. The van der Waals surface area contributed by atoms with Crippen molar-refractivity contribution >= 4 is 65.8 Å². The van der Waals surface area contributed by atoms with Crippen LogP contribution in [0.15, 0.2) is 32.6 Å². The van der Waals surface area contributed by atoms with Crippen LogP contribution in [0.5, 0.6) is 0 Å². The lowest BCUT2D eigenvalue weighted by molar-refractivity contribution is -0.117. The Morgan fingerprint density at radius 1 is 1.39 bits per heavy atom. The van der Waals surface area contributed by atoms with E-state index in [1.165, 1.54) is 17.8 Å². The van der Waals surface area contributed by atoms with Crippen LogP contribution in [-0.2, 0) is 20.5 Å². The minimum Gasteiger partial charge on any atom is -0.366 e. The summed E-state index contributed by atoms with van der Waals surface area (Å²) in [5.41, 5.74) is -0.925. The molecule has 1 aliphatic heterocycles. The average Bonchev–Trinajstić information content (AvgIpc) is 2.90. The molecule has 1 saturated heterocycles. The first-order chi connectivity index (χ1) is 12.7. The van der Waals surface area contributed by atoms with Gasteiger partial charge >= 0.3 is 0 Å². The van der Waals surface area contributed by atoms with Crippen LogP contribution in [0.25, 0.3) is 0 Å². The highest BCUT2D eigenvalue weighted by Gasteiger charge is 2.44. The van der Waals surface area contributed by atoms with Gasteiger partial charge in [-0.25, -0.2) is 13.1 Å². The summed E-state index contributed by atoms with van der Waals surface area (Å²) in [7, 11) is -4.04. The highest BCUT2D eigenvalue weighted by atomic mass is 79.9. The second kappa shape index (κ2) is 10.4. The van der Waals surface area contributed by atoms with Crippen molar-refractivity contribution in [3.63, 3.8) is 0 Å². The number of rotatable bonds is 7. The first-order valence-corrected chi connectivity index (χ1v) is 11.9. The number of amidine groups is 1. The van der Waals surface area contributed by atoms with E-state index in [-0.39, 0.29) is 21.9 Å². The molecule has 1 amide bonds. The Balaban J connectivity index is 0.00000392. The van der Waals surface area contributed by atoms with E-state index in [9.17, 15) is 18.3 Å². The van der Waals surface area contributed by atoms with Crippen molar-refractivity contribution < 1.29 is 18.3 Å². The number of nitrogens with zero attached hydrogens (tertiary/aromatic N) is 2. The summed E-state index contributed by atoms with van der Waals surface area (Å²) in [4.78, 5) is 17.5. The first-order valence-electron chi connectivity index (χ1n) is 8.66. The van der Waals surface area contributed by atoms with Gasteiger partial charge < -0.3 is 10.0 Å². The van der Waals surface area contributed by atoms with Gasteiger partial charge in [-0.1, -0.05) is 31.7 Å². The molecule has 7 nitrogen and oxygen atoms in total. The van der Waals surface area contributed by atoms with Gasteiger partial charge in [0.05, 0.1) is 5.75 Å². The predicted octanol–water partition coefficient (Wildman–Crippen LogP) is 3.22. The second-order valence-electron chi connectivity index (χ2n) is 6.23. The van der Waals surface area contributed by atoms with Crippen LogP contribution < -0.4 is 4.72 Å². The molecule has 1 aromatic carbocycles. The number of hydrogen-bond acceptors (Lipinski definition) is 6. The summed E-state index contributed by atoms with van der Waals surface area (Å²) < 4.78 is 27.2. The third-order valence-electron chi connectivity index (χ3n) is 3.96. The van der Waals surface area contributed by atoms with E-state index in [1.807, 2.05) is 23.5 Å². The van der Waals surface area contributed by atoms with Gasteiger partial charge in [-0.15, -0.1) is 17.0 Å². The molecule has 0 bridgehead atoms. The lowest BCUT2D eigenvalue weighted by atomic mass is 10.0. The largest absolute Gasteiger partial charge is 0.366 e. The lowest BCUT2D eigenvalue weighted by Crippen LogP contribution is -2.45. The predicted molar refractivity (Wildman–Crippen MR) is 121 cm³/mol. The standard InChI is InChI=1S/C17H24BrN3O4S2.BrH/c1-4-8-19-16-21(9-5-2)17(23,11-26-16)13-6-7-14(18)15(10-13)27(24,25)20-12(3)22;/h6-7,10,23H,4-5,8-9,11H2,1-3H3,(H,20,22);1H. The molecule has 1 aromatic rings. The molecule has 158 valence electrons. The zero-order chi connectivity index (χ0) is 20.2. The fraction of sp³-hybridized carbons (Fsp3) is 0.529. The number of amides is 1. The van der Waals surface area contributed by atoms with Crippen LogP contribution in [0, 0.1) is 0 Å². The maximum absolute atomic E-state index is 12.5. The third-order valence-corrected chi connectivity index (χ3v) is 7.54. The quantitative estimate of drug-likeness (QED) is 0.533. The zero-order valence-electron chi connectivity index (χ0n) is 15.9. The van der Waals surface area contributed by atoms with Gasteiger partial charge in [0.25, 0.3) is 10.0 Å². The Kier molecular flexibility index (Phi) is 9.46. The maximum atomic E-state index is 12.5. The number of carbonyl (C=O) groups is 1. The Morgan fingerprint density at radius 3 is 2.64 bits per heavy atom. The van der Waals surface area contributed by atoms with E-state index >= 15 is 0 Å². The Labute approximate surface area is 189 Å². The first kappa shape index (κ1) is 25.4. The summed E-state index contributed by atoms with van der Waals surface area (Å²) in [6, 6.07) is 4.65. The smallest absolute Gasteiger partial charge is 0.265 e. The fourth-order valence-corrected chi connectivity index (χ4v) is 5.98. The molecular weight excluding hydrogens is 534 g/mol. The number of thioether (sulfide) groups is 1. The number of aliphatic hydroxyl groups is 1. The fourth-order valence-electron chi connectivity index (χ4n) is 2.76. The minimum absolute atomic E-state index is 0. The van der Waals surface area contributed by atoms with E-state index in [0.717, 1.165) is 24.9 Å². The van der Waals surface area contributed by atoms with Gasteiger partial charge in [-0.05, 0) is 40.9 Å². The van der Waals surface area contributed by atoms with Crippen LogP contribution in [0.1, 0.15) is 39.2 Å². The molecular formula is C17H25Br2N3O4S2. The van der Waals surface area contributed by atoms with Crippen molar-refractivity contribution in [3.05, 3.63) is 28.2 Å². The van der Waals surface area contributed by atoms with Gasteiger partial charge in [0.2, 0.25) is 5.91 Å². The number of nitrogens with one attached hydrogen (secondary N) is 1. The molecule has 1 heterocycles. The number of halogens is 2. The van der Waals surface area contributed by atoms with Gasteiger partial charge in [0, 0.05) is 30.0 Å². The average molecular weight is 559 g/mol. The van der Waals surface area contributed by atoms with Crippen molar-refractivity contribution in [1.29, 1.82) is 0 Å². The molecule has 1 fully saturated rings. The molecule has 1 aliphatic rings. The molecule has 0 aromatic heterocycles. The topological polar surface area (TPSA) is 99.1 Å². The van der Waals surface area contributed by atoms with Gasteiger partial charge in [-0.3, -0.25) is 9.79 Å². The van der Waals surface area contributed by atoms with E-state index in [0.29, 0.717) is 28.9 Å². The number of sulfonamides is 1. The SMILES string of the molecule is Br.CCCN=C1SCC(O)(c2ccc(Br)c(S(=O)(=O)NC(C)=O)c2)N1CCC. The van der Waals surface area contributed by atoms with Crippen LogP contribution in [0.3, 0.4) is 0 Å². The van der Waals surface area contributed by atoms with Crippen molar-refractivity contribution in [3.8, 4) is 0 Å². The van der Waals surface area contributed by atoms with Crippen LogP contribution in [0.2, 0.25) is 0 Å². The molecule has 1 unspecified atom stereocenters. The maximum Gasteiger partial charge on any atom is 0.265 e. The zero-order valence-corrected chi connectivity index (χ0v) is 20.9. The molecule has 2 N–H and O–H groups in total. The molecule has 0 radical (unpaired) electrons. The van der Waals surface area contributed by atoms with E-state index in [4.69, 9.17) is 0 Å². The van der Waals surface area contributed by atoms with Gasteiger partial charge in [0.1, 0.15) is 4.90 Å². The summed E-state index contributed by atoms with van der Waals surface area (Å²) in [6.45, 7) is 6.44. The Bertz CT molecular complexity index is 849. The monoisotopic (exact) mass is 557 g/mol. The number of aliphatic imine (C=N–C) groups is 1. The summed E-state index contributed by atoms with van der Waals surface area (Å²) >= 11 is 4.68. The summed E-state index contributed by atoms with van der Waals surface area (Å²) in [6.07, 6.45) is 1.71. The molecule has 0 aliphatic carbocycles. The summed E-state index contributed by atoms with van der Waals surface area (Å²) in [5.74, 6) is -0.333. The molecule has 0 spiro atoms. The van der Waals surface area contributed by atoms with Crippen molar-refractivity contribution in [2.75, 3.05) is 18.8 Å². The van der Waals surface area contributed by atoms with E-state index in [1.54, 1.807) is 12.1 Å². The Morgan fingerprint density at radius 2 is 2.07 bits per heavy atom. The van der Waals surface area contributed by atoms with Gasteiger partial charge in [-0.2, -0.15) is 0 Å². The molecule has 2 rings (SSSR count). The van der Waals surface area contributed by atoms with Crippen molar-refractivity contribution in [2.45, 2.75) is 44.2 Å². The molecule has 0 saturated carbocycles. The van der Waals surface area contributed by atoms with E-state index in [2.05, 4.69) is 20.9 Å². The molecule has 28 heavy (non-hydrogen) atoms. The third kappa shape index (κ3) is 5.50. The highest BCUT2D eigenvalue weighted by Crippen LogP contribution is 2.40. The number of hydrogen-bond donors (Lipinski definition) is 2. The molecule has 11 heteroatoms. The van der Waals surface area contributed by atoms with Crippen LogP contribution in [0.4, 0.5) is 0 Å². The van der Waals surface area contributed by atoms with E-state index < -0.39 is 21.7 Å². The number of benzene rings is 1.